The van der Waals surface area contributed by atoms with Crippen LogP contribution in [0, 0.1) is 5.41 Å². The number of amides is 2. The predicted molar refractivity (Wildman–Crippen MR) is 99.8 cm³/mol. The van der Waals surface area contributed by atoms with Crippen LogP contribution < -0.4 is 5.32 Å². The summed E-state index contributed by atoms with van der Waals surface area (Å²) >= 11 is 0. The minimum absolute atomic E-state index is 0.0325. The van der Waals surface area contributed by atoms with Crippen molar-refractivity contribution in [1.82, 2.24) is 25.0 Å². The molecule has 1 saturated heterocycles. The van der Waals surface area contributed by atoms with E-state index >= 15 is 0 Å². The zero-order valence-electron chi connectivity index (χ0n) is 16.2. The van der Waals surface area contributed by atoms with Crippen LogP contribution in [0.25, 0.3) is 0 Å². The Labute approximate surface area is 156 Å². The molecule has 26 heavy (non-hydrogen) atoms. The molecule has 1 aliphatic heterocycles. The average molecular weight is 364 g/mol. The molecule has 0 unspecified atom stereocenters. The summed E-state index contributed by atoms with van der Waals surface area (Å²) in [4.78, 5) is 14.8. The number of aryl methyl sites for hydroxylation is 1. The van der Waals surface area contributed by atoms with Gasteiger partial charge in [-0.3, -0.25) is 0 Å². The molecule has 1 aliphatic carbocycles. The second-order valence-electron chi connectivity index (χ2n) is 7.99. The standard InChI is InChI=1S/C19H33N5O2/c1-16(17-22-20-15-24(17)11-7-13-26-2)21-18(25)23-12-10-19(14-23)8-5-3-4-6-9-19/h15-16H,3-14H2,1-2H3,(H,21,25)/t16-/m1/s1. The Balaban J connectivity index is 1.54. The zero-order valence-corrected chi connectivity index (χ0v) is 16.2. The lowest BCUT2D eigenvalue weighted by molar-refractivity contribution is 0.187. The first-order chi connectivity index (χ1) is 12.6. The van der Waals surface area contributed by atoms with Crippen molar-refractivity contribution in [2.24, 2.45) is 5.41 Å². The molecule has 7 nitrogen and oxygen atoms in total. The number of rotatable bonds is 6. The van der Waals surface area contributed by atoms with Crippen molar-refractivity contribution in [3.8, 4) is 0 Å². The first-order valence-electron chi connectivity index (χ1n) is 10.1. The average Bonchev–Trinajstić information content (AvgIpc) is 3.19. The minimum atomic E-state index is -0.154. The highest BCUT2D eigenvalue weighted by Crippen LogP contribution is 2.42. The Hall–Kier alpha value is -1.63. The van der Waals surface area contributed by atoms with E-state index in [4.69, 9.17) is 4.74 Å². The Morgan fingerprint density at radius 2 is 2.08 bits per heavy atom. The van der Waals surface area contributed by atoms with Crippen LogP contribution in [0.4, 0.5) is 4.79 Å². The van der Waals surface area contributed by atoms with Gasteiger partial charge in [-0.2, -0.15) is 0 Å². The van der Waals surface area contributed by atoms with Gasteiger partial charge in [-0.15, -0.1) is 10.2 Å². The first kappa shape index (κ1) is 19.1. The molecule has 0 radical (unpaired) electrons. The normalized spacial score (nSPS) is 20.9. The second-order valence-corrected chi connectivity index (χ2v) is 7.99. The van der Waals surface area contributed by atoms with E-state index in [2.05, 4.69) is 15.5 Å². The number of nitrogens with zero attached hydrogens (tertiary/aromatic N) is 4. The van der Waals surface area contributed by atoms with Crippen LogP contribution in [0.15, 0.2) is 6.33 Å². The molecular formula is C19H33N5O2. The third-order valence-electron chi connectivity index (χ3n) is 6.01. The molecule has 7 heteroatoms. The third-order valence-corrected chi connectivity index (χ3v) is 6.01. The van der Waals surface area contributed by atoms with Gasteiger partial charge in [0.15, 0.2) is 5.82 Å². The van der Waals surface area contributed by atoms with Crippen LogP contribution in [-0.4, -0.2) is 52.5 Å². The monoisotopic (exact) mass is 363 g/mol. The summed E-state index contributed by atoms with van der Waals surface area (Å²) < 4.78 is 7.11. The molecular weight excluding hydrogens is 330 g/mol. The van der Waals surface area contributed by atoms with E-state index < -0.39 is 0 Å². The van der Waals surface area contributed by atoms with Crippen molar-refractivity contribution < 1.29 is 9.53 Å². The van der Waals surface area contributed by atoms with Gasteiger partial charge < -0.3 is 19.5 Å². The fourth-order valence-electron chi connectivity index (χ4n) is 4.49. The fourth-order valence-corrected chi connectivity index (χ4v) is 4.49. The maximum absolute atomic E-state index is 12.8. The molecule has 1 spiro atoms. The number of aromatic nitrogens is 3. The van der Waals surface area contributed by atoms with Crippen molar-refractivity contribution >= 4 is 6.03 Å². The second kappa shape index (κ2) is 8.84. The SMILES string of the molecule is COCCCn1cnnc1[C@@H](C)NC(=O)N1CCC2(CCCCCC2)C1. The van der Waals surface area contributed by atoms with Gasteiger partial charge in [-0.25, -0.2) is 4.79 Å². The number of hydrogen-bond donors (Lipinski definition) is 1. The molecule has 2 aliphatic rings. The maximum atomic E-state index is 12.8. The lowest BCUT2D eigenvalue weighted by Gasteiger charge is -2.28. The summed E-state index contributed by atoms with van der Waals surface area (Å²) in [5.41, 5.74) is 0.372. The highest BCUT2D eigenvalue weighted by atomic mass is 16.5. The number of likely N-dealkylation sites (tertiary alicyclic amines) is 1. The van der Waals surface area contributed by atoms with Gasteiger partial charge in [-0.05, 0) is 38.0 Å². The number of ether oxygens (including phenoxy) is 1. The van der Waals surface area contributed by atoms with Crippen LogP contribution in [0.1, 0.15) is 70.2 Å². The molecule has 146 valence electrons. The number of urea groups is 1. The summed E-state index contributed by atoms with van der Waals surface area (Å²) in [6.07, 6.45) is 11.7. The number of carbonyl (C=O) groups is 1. The molecule has 0 bridgehead atoms. The molecule has 1 aromatic rings. The van der Waals surface area contributed by atoms with E-state index in [-0.39, 0.29) is 12.1 Å². The quantitative estimate of drug-likeness (QED) is 0.788. The molecule has 2 heterocycles. The van der Waals surface area contributed by atoms with E-state index in [1.165, 1.54) is 38.5 Å². The molecule has 1 aromatic heterocycles. The summed E-state index contributed by atoms with van der Waals surface area (Å²) in [6.45, 7) is 5.26. The number of nitrogens with one attached hydrogen (secondary N) is 1. The van der Waals surface area contributed by atoms with Crippen LogP contribution in [0.5, 0.6) is 0 Å². The van der Waals surface area contributed by atoms with E-state index in [1.807, 2.05) is 16.4 Å². The maximum Gasteiger partial charge on any atom is 0.317 e. The van der Waals surface area contributed by atoms with E-state index in [0.717, 1.165) is 38.3 Å². The molecule has 0 aromatic carbocycles. The van der Waals surface area contributed by atoms with Gasteiger partial charge in [0.1, 0.15) is 6.33 Å². The topological polar surface area (TPSA) is 72.3 Å². The third kappa shape index (κ3) is 4.55. The Kier molecular flexibility index (Phi) is 6.51. The van der Waals surface area contributed by atoms with Gasteiger partial charge in [0, 0.05) is 33.4 Å². The van der Waals surface area contributed by atoms with Gasteiger partial charge in [-0.1, -0.05) is 25.7 Å². The summed E-state index contributed by atoms with van der Waals surface area (Å²) in [7, 11) is 1.70. The number of methoxy groups -OCH3 is 1. The smallest absolute Gasteiger partial charge is 0.317 e. The van der Waals surface area contributed by atoms with Crippen molar-refractivity contribution in [3.05, 3.63) is 12.2 Å². The van der Waals surface area contributed by atoms with Crippen molar-refractivity contribution in [3.63, 3.8) is 0 Å². The molecule has 3 rings (SSSR count). The zero-order chi connectivity index (χ0) is 18.4. The summed E-state index contributed by atoms with van der Waals surface area (Å²) in [5, 5.41) is 11.3. The summed E-state index contributed by atoms with van der Waals surface area (Å²) in [5.74, 6) is 0.804. The summed E-state index contributed by atoms with van der Waals surface area (Å²) in [6, 6.07) is -0.122. The molecule has 2 amide bonds. The van der Waals surface area contributed by atoms with Gasteiger partial charge >= 0.3 is 6.03 Å². The molecule has 1 saturated carbocycles. The lowest BCUT2D eigenvalue weighted by Crippen LogP contribution is -2.41. The van der Waals surface area contributed by atoms with Crippen molar-refractivity contribution in [2.75, 3.05) is 26.8 Å². The highest BCUT2D eigenvalue weighted by molar-refractivity contribution is 5.75. The largest absolute Gasteiger partial charge is 0.385 e. The van der Waals surface area contributed by atoms with Gasteiger partial charge in [0.05, 0.1) is 6.04 Å². The van der Waals surface area contributed by atoms with E-state index in [9.17, 15) is 4.79 Å². The van der Waals surface area contributed by atoms with E-state index in [0.29, 0.717) is 12.0 Å². The fraction of sp³-hybridized carbons (Fsp3) is 0.842. The van der Waals surface area contributed by atoms with Crippen LogP contribution in [0.3, 0.4) is 0 Å². The Morgan fingerprint density at radius 3 is 2.81 bits per heavy atom. The Morgan fingerprint density at radius 1 is 1.31 bits per heavy atom. The number of hydrogen-bond acceptors (Lipinski definition) is 4. The van der Waals surface area contributed by atoms with Crippen molar-refractivity contribution in [2.45, 2.75) is 70.9 Å². The Bertz CT molecular complexity index is 580. The number of carbonyl (C=O) groups excluding carboxylic acids is 1. The predicted octanol–water partition coefficient (Wildman–Crippen LogP) is 3.13. The first-order valence-corrected chi connectivity index (χ1v) is 10.1. The lowest BCUT2D eigenvalue weighted by atomic mass is 9.80. The molecule has 1 N–H and O–H groups in total. The van der Waals surface area contributed by atoms with Crippen LogP contribution >= 0.6 is 0 Å². The van der Waals surface area contributed by atoms with Gasteiger partial charge in [0.25, 0.3) is 0 Å². The van der Waals surface area contributed by atoms with E-state index in [1.54, 1.807) is 13.4 Å². The molecule has 1 atom stereocenters. The minimum Gasteiger partial charge on any atom is -0.385 e. The van der Waals surface area contributed by atoms with Crippen LogP contribution in [-0.2, 0) is 11.3 Å². The van der Waals surface area contributed by atoms with Crippen LogP contribution in [0.2, 0.25) is 0 Å². The molecule has 2 fully saturated rings. The highest BCUT2D eigenvalue weighted by Gasteiger charge is 2.40. The van der Waals surface area contributed by atoms with Gasteiger partial charge in [0.2, 0.25) is 0 Å². The van der Waals surface area contributed by atoms with Crippen molar-refractivity contribution in [1.29, 1.82) is 0 Å².